The van der Waals surface area contributed by atoms with E-state index < -0.39 is 64.9 Å². The molecular formula is C21H20F4O5. The minimum atomic E-state index is -5.10. The van der Waals surface area contributed by atoms with Crippen molar-refractivity contribution in [3.05, 3.63) is 59.3 Å². The average Bonchev–Trinajstić information content (AvgIpc) is 2.74. The lowest BCUT2D eigenvalue weighted by Gasteiger charge is -2.13. The first kappa shape index (κ1) is 18.9. The Labute approximate surface area is 174 Å². The third kappa shape index (κ3) is 6.75. The van der Waals surface area contributed by atoms with Crippen LogP contribution in [0.3, 0.4) is 0 Å². The summed E-state index contributed by atoms with van der Waals surface area (Å²) in [5, 5.41) is 0. The number of benzene rings is 2. The second-order valence-corrected chi connectivity index (χ2v) is 6.13. The molecule has 0 bridgehead atoms. The molecule has 0 aromatic heterocycles. The molecule has 0 aliphatic rings. The van der Waals surface area contributed by atoms with Gasteiger partial charge in [0.05, 0.1) is 21.8 Å². The maximum atomic E-state index is 14.5. The summed E-state index contributed by atoms with van der Waals surface area (Å²) in [7, 11) is 0. The van der Waals surface area contributed by atoms with Crippen molar-refractivity contribution < 1.29 is 45.5 Å². The number of alkyl halides is 3. The summed E-state index contributed by atoms with van der Waals surface area (Å²) in [6.45, 7) is 3.90. The zero-order valence-corrected chi connectivity index (χ0v) is 16.1. The molecule has 0 N–H and O–H groups in total. The highest BCUT2D eigenvalue weighted by Crippen LogP contribution is 2.24. The number of hydrogen-bond acceptors (Lipinski definition) is 5. The molecule has 5 nitrogen and oxygen atoms in total. The van der Waals surface area contributed by atoms with Crippen molar-refractivity contribution in [3.8, 4) is 11.5 Å². The summed E-state index contributed by atoms with van der Waals surface area (Å²) in [5.74, 6) is -5.09. The van der Waals surface area contributed by atoms with Crippen LogP contribution in [0.5, 0.6) is 11.5 Å². The van der Waals surface area contributed by atoms with E-state index in [1.54, 1.807) is 0 Å². The largest absolute Gasteiger partial charge is 0.573 e. The van der Waals surface area contributed by atoms with Crippen LogP contribution in [-0.4, -0.2) is 24.9 Å². The molecule has 9 heteroatoms. The van der Waals surface area contributed by atoms with Gasteiger partial charge in [-0.3, -0.25) is 0 Å². The van der Waals surface area contributed by atoms with Crippen LogP contribution in [0.25, 0.3) is 0 Å². The van der Waals surface area contributed by atoms with E-state index in [2.05, 4.69) is 4.74 Å². The minimum Gasteiger partial charge on any atom is -0.462 e. The van der Waals surface area contributed by atoms with Gasteiger partial charge in [-0.2, -0.15) is 0 Å². The second-order valence-electron chi connectivity index (χ2n) is 6.13. The maximum absolute atomic E-state index is 14.5. The normalized spacial score (nSPS) is 12.7. The minimum absolute atomic E-state index is 0.0745. The number of esters is 2. The van der Waals surface area contributed by atoms with E-state index in [9.17, 15) is 27.2 Å². The molecule has 0 aliphatic heterocycles. The standard InChI is InChI=1S/C21H20F4O5/c1-3-13(4-2)12-28-20(27)17-10-9-16(11-18(17)22)29-19(26)14-5-7-15(8-6-14)30-21(23,24)25/h5-11,13H,3-4,12H2,1-2H3/i5D,7H,11T. The third-order valence-corrected chi connectivity index (χ3v) is 4.07. The van der Waals surface area contributed by atoms with Gasteiger partial charge in [-0.25, -0.2) is 14.0 Å². The number of halogens is 4. The fourth-order valence-electron chi connectivity index (χ4n) is 2.29. The van der Waals surface area contributed by atoms with Crippen LogP contribution in [-0.2, 0) is 4.74 Å². The predicted octanol–water partition coefficient (Wildman–Crippen LogP) is 5.54. The van der Waals surface area contributed by atoms with E-state index >= 15 is 0 Å². The Balaban J connectivity index is 2.21. The van der Waals surface area contributed by atoms with Gasteiger partial charge in [-0.05, 0) is 42.3 Å². The Bertz CT molecular complexity index is 1040. The lowest BCUT2D eigenvalue weighted by Crippen LogP contribution is -2.17. The van der Waals surface area contributed by atoms with Crippen molar-refractivity contribution >= 4 is 11.9 Å². The summed E-state index contributed by atoms with van der Waals surface area (Å²) >= 11 is 0. The molecule has 0 aliphatic carbocycles. The molecular weight excluding hydrogens is 408 g/mol. The van der Waals surface area contributed by atoms with Crippen LogP contribution in [0.15, 0.2) is 42.4 Å². The highest BCUT2D eigenvalue weighted by Gasteiger charge is 2.31. The SMILES string of the molecule is [1H]c1c(OC(F)(F)F)ccc(C(=O)Oc2ccc(C(=O)OCC(CC)CC)c(F)c2[3H])c1[2H]. The van der Waals surface area contributed by atoms with Crippen molar-refractivity contribution in [2.24, 2.45) is 5.92 Å². The molecule has 30 heavy (non-hydrogen) atoms. The molecule has 0 fully saturated rings. The van der Waals surface area contributed by atoms with Crippen LogP contribution < -0.4 is 9.47 Å². The number of ether oxygens (including phenoxy) is 3. The zero-order chi connectivity index (χ0) is 24.9. The smallest absolute Gasteiger partial charge is 0.462 e. The van der Waals surface area contributed by atoms with Gasteiger partial charge in [0.2, 0.25) is 0 Å². The fraction of sp³-hybridized carbons (Fsp3) is 0.333. The second kappa shape index (κ2) is 10.1. The van der Waals surface area contributed by atoms with Gasteiger partial charge in [-0.15, -0.1) is 13.2 Å². The van der Waals surface area contributed by atoms with Gasteiger partial charge < -0.3 is 14.2 Å². The fourth-order valence-corrected chi connectivity index (χ4v) is 2.29. The number of rotatable bonds is 8. The Morgan fingerprint density at radius 1 is 1.20 bits per heavy atom. The van der Waals surface area contributed by atoms with E-state index in [1.165, 1.54) is 0 Å². The van der Waals surface area contributed by atoms with E-state index in [0.29, 0.717) is 6.07 Å². The highest BCUT2D eigenvalue weighted by molar-refractivity contribution is 5.92. The van der Waals surface area contributed by atoms with Gasteiger partial charge in [-0.1, -0.05) is 26.7 Å². The summed E-state index contributed by atoms with van der Waals surface area (Å²) in [5.41, 5.74) is -1.14. The summed E-state index contributed by atoms with van der Waals surface area (Å²) in [6, 6.07) is 0.491. The molecule has 0 unspecified atom stereocenters. The van der Waals surface area contributed by atoms with Crippen LogP contribution >= 0.6 is 0 Å². The van der Waals surface area contributed by atoms with Gasteiger partial charge in [0.25, 0.3) is 0 Å². The quantitative estimate of drug-likeness (QED) is 0.312. The van der Waals surface area contributed by atoms with Crippen molar-refractivity contribution in [3.63, 3.8) is 0 Å². The number of hydrogen-bond donors (Lipinski definition) is 0. The van der Waals surface area contributed by atoms with E-state index in [-0.39, 0.29) is 12.5 Å². The molecule has 0 atom stereocenters. The van der Waals surface area contributed by atoms with E-state index in [0.717, 1.165) is 31.0 Å². The molecule has 2 aromatic carbocycles. The maximum Gasteiger partial charge on any atom is 0.573 e. The van der Waals surface area contributed by atoms with Gasteiger partial charge >= 0.3 is 18.3 Å². The van der Waals surface area contributed by atoms with Crippen LogP contribution in [0.2, 0.25) is 0 Å². The molecule has 0 saturated heterocycles. The average molecular weight is 431 g/mol. The van der Waals surface area contributed by atoms with Crippen molar-refractivity contribution in [1.29, 1.82) is 0 Å². The Hall–Kier alpha value is -3.10. The van der Waals surface area contributed by atoms with E-state index in [4.69, 9.17) is 13.6 Å². The molecule has 0 amide bonds. The van der Waals surface area contributed by atoms with Crippen molar-refractivity contribution in [1.82, 2.24) is 0 Å². The number of carbonyl (C=O) groups excluding carboxylic acids is 2. The lowest BCUT2D eigenvalue weighted by atomic mass is 10.1. The molecule has 0 heterocycles. The Morgan fingerprint density at radius 2 is 1.87 bits per heavy atom. The summed E-state index contributed by atoms with van der Waals surface area (Å²) in [4.78, 5) is 24.5. The molecule has 2 rings (SSSR count). The van der Waals surface area contributed by atoms with Crippen LogP contribution in [0.1, 0.15) is 51.5 Å². The molecule has 2 aromatic rings. The topological polar surface area (TPSA) is 61.8 Å². The van der Waals surface area contributed by atoms with Crippen molar-refractivity contribution in [2.45, 2.75) is 33.1 Å². The monoisotopic (exact) mass is 431 g/mol. The lowest BCUT2D eigenvalue weighted by molar-refractivity contribution is -0.274. The number of carbonyl (C=O) groups is 2. The summed E-state index contributed by atoms with van der Waals surface area (Å²) < 4.78 is 88.2. The Kier molecular flexibility index (Phi) is 6.35. The van der Waals surface area contributed by atoms with Gasteiger partial charge in [0, 0.05) is 6.04 Å². The zero-order valence-electron chi connectivity index (χ0n) is 19.1. The molecule has 0 spiro atoms. The first-order chi connectivity index (χ1) is 15.4. The van der Waals surface area contributed by atoms with E-state index in [1.807, 2.05) is 13.8 Å². The van der Waals surface area contributed by atoms with Gasteiger partial charge in [0.1, 0.15) is 17.3 Å². The molecule has 0 saturated carbocycles. The molecule has 162 valence electrons. The highest BCUT2D eigenvalue weighted by atomic mass is 19.4. The van der Waals surface area contributed by atoms with Crippen molar-refractivity contribution in [2.75, 3.05) is 6.61 Å². The Morgan fingerprint density at radius 3 is 2.50 bits per heavy atom. The molecule has 0 radical (unpaired) electrons. The first-order valence-corrected chi connectivity index (χ1v) is 8.93. The predicted molar refractivity (Wildman–Crippen MR) is 98.8 cm³/mol. The third-order valence-electron chi connectivity index (χ3n) is 4.07. The van der Waals surface area contributed by atoms with Crippen LogP contribution in [0.4, 0.5) is 17.6 Å². The van der Waals surface area contributed by atoms with Gasteiger partial charge in [0.15, 0.2) is 0 Å². The first-order valence-electron chi connectivity index (χ1n) is 10.4. The summed E-state index contributed by atoms with van der Waals surface area (Å²) in [6.07, 6.45) is -3.59. The van der Waals surface area contributed by atoms with Crippen LogP contribution in [0, 0.1) is 11.7 Å².